The maximum atomic E-state index is 11.8. The largest absolute Gasteiger partial charge is 0.384 e. The highest BCUT2D eigenvalue weighted by Gasteiger charge is 2.13. The summed E-state index contributed by atoms with van der Waals surface area (Å²) in [4.78, 5) is 11.8. The number of hydrogen-bond acceptors (Lipinski definition) is 3. The first kappa shape index (κ1) is 16.2. The van der Waals surface area contributed by atoms with E-state index >= 15 is 0 Å². The molecule has 0 aliphatic rings. The summed E-state index contributed by atoms with van der Waals surface area (Å²) in [5, 5.41) is 11.5. The fraction of sp³-hybridized carbons (Fsp3) is 0.438. The van der Waals surface area contributed by atoms with Crippen LogP contribution in [-0.2, 0) is 9.53 Å². The van der Waals surface area contributed by atoms with Crippen molar-refractivity contribution in [1.29, 1.82) is 0 Å². The van der Waals surface area contributed by atoms with Crippen LogP contribution in [0.2, 0.25) is 0 Å². The number of aliphatic hydroxyl groups is 1. The van der Waals surface area contributed by atoms with Crippen LogP contribution in [0.25, 0.3) is 0 Å². The van der Waals surface area contributed by atoms with Crippen molar-refractivity contribution in [3.63, 3.8) is 0 Å². The molecule has 0 saturated heterocycles. The molecule has 4 nitrogen and oxygen atoms in total. The van der Waals surface area contributed by atoms with E-state index < -0.39 is 0 Å². The van der Waals surface area contributed by atoms with E-state index in [4.69, 9.17) is 9.84 Å². The monoisotopic (exact) mass is 275 g/mol. The molecule has 4 heteroatoms. The second kappa shape index (κ2) is 7.09. The minimum atomic E-state index is -0.346. The maximum absolute atomic E-state index is 11.8. The Labute approximate surface area is 120 Å². The molecule has 0 atom stereocenters. The van der Waals surface area contributed by atoms with Crippen LogP contribution in [0.3, 0.4) is 0 Å². The Kier molecular flexibility index (Phi) is 5.75. The molecular weight excluding hydrogens is 254 g/mol. The van der Waals surface area contributed by atoms with Crippen molar-refractivity contribution >= 4 is 11.6 Å². The molecule has 20 heavy (non-hydrogen) atoms. The minimum absolute atomic E-state index is 0.00902. The Bertz CT molecular complexity index is 533. The molecule has 0 unspecified atom stereocenters. The lowest BCUT2D eigenvalue weighted by atomic mass is 10.1. The second-order valence-corrected chi connectivity index (χ2v) is 5.50. The van der Waals surface area contributed by atoms with E-state index in [1.54, 1.807) is 6.07 Å². The van der Waals surface area contributed by atoms with Crippen molar-refractivity contribution < 1.29 is 14.6 Å². The van der Waals surface area contributed by atoms with Crippen LogP contribution >= 0.6 is 0 Å². The average molecular weight is 275 g/mol. The van der Waals surface area contributed by atoms with Crippen LogP contribution < -0.4 is 5.32 Å². The number of carbonyl (C=O) groups excluding carboxylic acids is 1. The van der Waals surface area contributed by atoms with Gasteiger partial charge >= 0.3 is 0 Å². The Hall–Kier alpha value is -1.83. The number of ether oxygens (including phenoxy) is 1. The van der Waals surface area contributed by atoms with Gasteiger partial charge in [0.2, 0.25) is 5.91 Å². The molecule has 1 amide bonds. The third kappa shape index (κ3) is 6.37. The number of benzene rings is 1. The number of anilines is 1. The van der Waals surface area contributed by atoms with Crippen LogP contribution in [-0.4, -0.2) is 29.8 Å². The van der Waals surface area contributed by atoms with E-state index in [9.17, 15) is 4.79 Å². The summed E-state index contributed by atoms with van der Waals surface area (Å²) in [5.41, 5.74) is 2.07. The number of aryl methyl sites for hydroxylation is 1. The molecule has 0 fully saturated rings. The van der Waals surface area contributed by atoms with Gasteiger partial charge in [-0.05, 0) is 51.5 Å². The molecule has 0 saturated carbocycles. The standard InChI is InChI=1S/C16H21NO3/c1-12-8-13(6-5-7-18)10-14(9-12)17-15(19)11-20-16(2,3)4/h8-10,18H,7,11H2,1-4H3,(H,17,19). The third-order valence-corrected chi connectivity index (χ3v) is 2.31. The lowest BCUT2D eigenvalue weighted by Crippen LogP contribution is -2.27. The smallest absolute Gasteiger partial charge is 0.250 e. The zero-order valence-corrected chi connectivity index (χ0v) is 12.4. The van der Waals surface area contributed by atoms with Crippen LogP contribution in [0.1, 0.15) is 31.9 Å². The predicted octanol–water partition coefficient (Wildman–Crippen LogP) is 2.09. The average Bonchev–Trinajstić information content (AvgIpc) is 2.32. The Morgan fingerprint density at radius 1 is 1.35 bits per heavy atom. The van der Waals surface area contributed by atoms with Gasteiger partial charge in [0.05, 0.1) is 5.60 Å². The van der Waals surface area contributed by atoms with Crippen molar-refractivity contribution in [3.8, 4) is 11.8 Å². The lowest BCUT2D eigenvalue weighted by Gasteiger charge is -2.19. The number of hydrogen-bond donors (Lipinski definition) is 2. The summed E-state index contributed by atoms with van der Waals surface area (Å²) in [6.45, 7) is 7.44. The molecule has 0 bridgehead atoms. The van der Waals surface area contributed by atoms with Crippen LogP contribution in [0, 0.1) is 18.8 Å². The van der Waals surface area contributed by atoms with Gasteiger partial charge in [-0.25, -0.2) is 0 Å². The SMILES string of the molecule is Cc1cc(C#CCO)cc(NC(=O)COC(C)(C)C)c1. The van der Waals surface area contributed by atoms with E-state index in [1.165, 1.54) is 0 Å². The van der Waals surface area contributed by atoms with Crippen molar-refractivity contribution in [2.45, 2.75) is 33.3 Å². The van der Waals surface area contributed by atoms with Gasteiger partial charge in [0.25, 0.3) is 0 Å². The zero-order chi connectivity index (χ0) is 15.2. The summed E-state index contributed by atoms with van der Waals surface area (Å²) in [7, 11) is 0. The van der Waals surface area contributed by atoms with E-state index in [2.05, 4.69) is 17.2 Å². The van der Waals surface area contributed by atoms with Crippen molar-refractivity contribution in [2.24, 2.45) is 0 Å². The van der Waals surface area contributed by atoms with Gasteiger partial charge in [-0.15, -0.1) is 0 Å². The van der Waals surface area contributed by atoms with E-state index in [0.29, 0.717) is 5.69 Å². The summed E-state index contributed by atoms with van der Waals surface area (Å²) in [6.07, 6.45) is 0. The Morgan fingerprint density at radius 2 is 2.05 bits per heavy atom. The van der Waals surface area contributed by atoms with Gasteiger partial charge in [-0.1, -0.05) is 11.8 Å². The lowest BCUT2D eigenvalue weighted by molar-refractivity contribution is -0.125. The molecular formula is C16H21NO3. The normalized spacial score (nSPS) is 10.7. The number of carbonyl (C=O) groups is 1. The summed E-state index contributed by atoms with van der Waals surface area (Å²) < 4.78 is 5.42. The van der Waals surface area contributed by atoms with Crippen LogP contribution in [0.4, 0.5) is 5.69 Å². The van der Waals surface area contributed by atoms with E-state index in [1.807, 2.05) is 39.8 Å². The van der Waals surface area contributed by atoms with Gasteiger partial charge in [-0.3, -0.25) is 4.79 Å². The highest BCUT2D eigenvalue weighted by atomic mass is 16.5. The highest BCUT2D eigenvalue weighted by molar-refractivity contribution is 5.92. The molecule has 0 spiro atoms. The Morgan fingerprint density at radius 3 is 2.65 bits per heavy atom. The third-order valence-electron chi connectivity index (χ3n) is 2.31. The number of aliphatic hydroxyl groups excluding tert-OH is 1. The van der Waals surface area contributed by atoms with E-state index in [-0.39, 0.29) is 24.7 Å². The summed E-state index contributed by atoms with van der Waals surface area (Å²) in [5.74, 6) is 5.21. The molecule has 0 aromatic heterocycles. The molecule has 1 aromatic carbocycles. The number of nitrogens with one attached hydrogen (secondary N) is 1. The first-order chi connectivity index (χ1) is 9.30. The Balaban J connectivity index is 2.72. The van der Waals surface area contributed by atoms with Gasteiger partial charge in [0.15, 0.2) is 0 Å². The predicted molar refractivity (Wildman–Crippen MR) is 79.5 cm³/mol. The zero-order valence-electron chi connectivity index (χ0n) is 12.4. The molecule has 1 aromatic rings. The van der Waals surface area contributed by atoms with Gasteiger partial charge in [0, 0.05) is 11.3 Å². The summed E-state index contributed by atoms with van der Waals surface area (Å²) in [6, 6.07) is 5.52. The molecule has 1 rings (SSSR count). The first-order valence-electron chi connectivity index (χ1n) is 6.45. The van der Waals surface area contributed by atoms with Crippen molar-refractivity contribution in [1.82, 2.24) is 0 Å². The summed E-state index contributed by atoms with van der Waals surface area (Å²) >= 11 is 0. The first-order valence-corrected chi connectivity index (χ1v) is 6.45. The molecule has 2 N–H and O–H groups in total. The van der Waals surface area contributed by atoms with E-state index in [0.717, 1.165) is 11.1 Å². The van der Waals surface area contributed by atoms with Crippen molar-refractivity contribution in [2.75, 3.05) is 18.5 Å². The molecule has 0 radical (unpaired) electrons. The van der Waals surface area contributed by atoms with Gasteiger partial charge < -0.3 is 15.2 Å². The van der Waals surface area contributed by atoms with Crippen LogP contribution in [0.15, 0.2) is 18.2 Å². The quantitative estimate of drug-likeness (QED) is 0.830. The van der Waals surface area contributed by atoms with Gasteiger partial charge in [0.1, 0.15) is 13.2 Å². The second-order valence-electron chi connectivity index (χ2n) is 5.50. The number of rotatable bonds is 3. The fourth-order valence-electron chi connectivity index (χ4n) is 1.55. The molecule has 108 valence electrons. The highest BCUT2D eigenvalue weighted by Crippen LogP contribution is 2.14. The molecule has 0 aliphatic carbocycles. The fourth-order valence-corrected chi connectivity index (χ4v) is 1.55. The van der Waals surface area contributed by atoms with Crippen molar-refractivity contribution in [3.05, 3.63) is 29.3 Å². The minimum Gasteiger partial charge on any atom is -0.384 e. The number of amides is 1. The topological polar surface area (TPSA) is 58.6 Å². The molecule has 0 aliphatic heterocycles. The van der Waals surface area contributed by atoms with Crippen LogP contribution in [0.5, 0.6) is 0 Å². The maximum Gasteiger partial charge on any atom is 0.250 e. The van der Waals surface area contributed by atoms with Gasteiger partial charge in [-0.2, -0.15) is 0 Å². The molecule has 0 heterocycles.